The van der Waals surface area contributed by atoms with E-state index < -0.39 is 0 Å². The summed E-state index contributed by atoms with van der Waals surface area (Å²) in [6.07, 6.45) is 0. The number of likely N-dealkylation sites (N-methyl/N-ethyl adjacent to an activating group) is 1. The van der Waals surface area contributed by atoms with Gasteiger partial charge in [0.1, 0.15) is 5.75 Å². The summed E-state index contributed by atoms with van der Waals surface area (Å²) >= 11 is 0. The Balaban J connectivity index is 1.89. The molecule has 0 saturated carbocycles. The molecule has 2 rings (SSSR count). The maximum atomic E-state index is 12.2. The molecule has 0 aliphatic rings. The van der Waals surface area contributed by atoms with Crippen LogP contribution in [0.2, 0.25) is 0 Å². The van der Waals surface area contributed by atoms with Gasteiger partial charge in [0.25, 0.3) is 5.91 Å². The highest BCUT2D eigenvalue weighted by Crippen LogP contribution is 2.25. The van der Waals surface area contributed by atoms with E-state index in [1.165, 1.54) is 0 Å². The molecule has 0 radical (unpaired) electrons. The molecule has 0 aliphatic carbocycles. The van der Waals surface area contributed by atoms with Crippen LogP contribution in [0.25, 0.3) is 0 Å². The summed E-state index contributed by atoms with van der Waals surface area (Å²) in [7, 11) is 4.94. The van der Waals surface area contributed by atoms with Gasteiger partial charge in [-0.15, -0.1) is 0 Å². The van der Waals surface area contributed by atoms with E-state index in [-0.39, 0.29) is 12.5 Å². The molecule has 5 nitrogen and oxygen atoms in total. The highest BCUT2D eigenvalue weighted by atomic mass is 16.5. The van der Waals surface area contributed by atoms with E-state index in [9.17, 15) is 4.79 Å². The fraction of sp³-hybridized carbons (Fsp3) is 0.278. The maximum Gasteiger partial charge on any atom is 0.260 e. The van der Waals surface area contributed by atoms with Gasteiger partial charge in [-0.25, -0.2) is 0 Å². The lowest BCUT2D eigenvalue weighted by atomic mass is 10.2. The lowest BCUT2D eigenvalue weighted by Crippen LogP contribution is -2.31. The van der Waals surface area contributed by atoms with E-state index in [1.54, 1.807) is 38.3 Å². The van der Waals surface area contributed by atoms with Gasteiger partial charge in [0.15, 0.2) is 18.1 Å². The first-order valence-electron chi connectivity index (χ1n) is 7.26. The van der Waals surface area contributed by atoms with E-state index in [4.69, 9.17) is 14.2 Å². The van der Waals surface area contributed by atoms with Crippen LogP contribution in [-0.2, 0) is 11.3 Å². The Labute approximate surface area is 136 Å². The molecule has 0 fully saturated rings. The van der Waals surface area contributed by atoms with Gasteiger partial charge in [0, 0.05) is 13.6 Å². The van der Waals surface area contributed by atoms with Gasteiger partial charge in [-0.2, -0.15) is 0 Å². The van der Waals surface area contributed by atoms with E-state index in [0.29, 0.717) is 18.0 Å². The zero-order chi connectivity index (χ0) is 16.7. The molecule has 0 aliphatic heterocycles. The Bertz CT molecular complexity index is 640. The topological polar surface area (TPSA) is 48.0 Å². The van der Waals surface area contributed by atoms with Gasteiger partial charge in [-0.3, -0.25) is 4.79 Å². The van der Waals surface area contributed by atoms with Crippen LogP contribution in [0.15, 0.2) is 48.5 Å². The number of amides is 1. The molecule has 1 amide bonds. The largest absolute Gasteiger partial charge is 0.497 e. The van der Waals surface area contributed by atoms with E-state index in [1.807, 2.05) is 36.4 Å². The Morgan fingerprint density at radius 2 is 1.61 bits per heavy atom. The number of methoxy groups -OCH3 is 2. The van der Waals surface area contributed by atoms with Crippen LogP contribution < -0.4 is 14.2 Å². The van der Waals surface area contributed by atoms with Gasteiger partial charge in [-0.1, -0.05) is 24.3 Å². The smallest absolute Gasteiger partial charge is 0.260 e. The first-order chi connectivity index (χ1) is 11.1. The molecule has 23 heavy (non-hydrogen) atoms. The molecular weight excluding hydrogens is 294 g/mol. The van der Waals surface area contributed by atoms with Gasteiger partial charge in [0.2, 0.25) is 0 Å². The van der Waals surface area contributed by atoms with Crippen molar-refractivity contribution < 1.29 is 19.0 Å². The molecule has 122 valence electrons. The third kappa shape index (κ3) is 4.64. The monoisotopic (exact) mass is 315 g/mol. The molecule has 0 N–H and O–H groups in total. The number of hydrogen-bond donors (Lipinski definition) is 0. The number of carbonyl (C=O) groups is 1. The van der Waals surface area contributed by atoms with Gasteiger partial charge >= 0.3 is 0 Å². The second-order valence-corrected chi connectivity index (χ2v) is 5.04. The number of rotatable bonds is 7. The van der Waals surface area contributed by atoms with E-state index >= 15 is 0 Å². The van der Waals surface area contributed by atoms with Crippen LogP contribution in [-0.4, -0.2) is 38.7 Å². The van der Waals surface area contributed by atoms with Crippen molar-refractivity contribution in [1.82, 2.24) is 4.90 Å². The van der Waals surface area contributed by atoms with E-state index in [2.05, 4.69) is 0 Å². The molecular formula is C18H21NO4. The summed E-state index contributed by atoms with van der Waals surface area (Å²) in [5.41, 5.74) is 1.03. The standard InChI is InChI=1S/C18H21NO4/c1-19(12-14-8-10-15(21-2)11-9-14)18(20)13-23-17-7-5-4-6-16(17)22-3/h4-11H,12-13H2,1-3H3. The predicted molar refractivity (Wildman–Crippen MR) is 88.0 cm³/mol. The summed E-state index contributed by atoms with van der Waals surface area (Å²) < 4.78 is 15.9. The Morgan fingerprint density at radius 3 is 2.22 bits per heavy atom. The second kappa shape index (κ2) is 8.08. The average Bonchev–Trinajstić information content (AvgIpc) is 2.60. The Hall–Kier alpha value is -2.69. The van der Waals surface area contributed by atoms with E-state index in [0.717, 1.165) is 11.3 Å². The van der Waals surface area contributed by atoms with Crippen LogP contribution in [0, 0.1) is 0 Å². The van der Waals surface area contributed by atoms with Crippen molar-refractivity contribution >= 4 is 5.91 Å². The first kappa shape index (κ1) is 16.7. The zero-order valence-corrected chi connectivity index (χ0v) is 13.6. The minimum absolute atomic E-state index is 0.0347. The molecule has 0 spiro atoms. The molecule has 2 aromatic carbocycles. The minimum atomic E-state index is -0.105. The molecule has 0 atom stereocenters. The molecule has 0 bridgehead atoms. The zero-order valence-electron chi connectivity index (χ0n) is 13.6. The number of nitrogens with zero attached hydrogens (tertiary/aromatic N) is 1. The highest BCUT2D eigenvalue weighted by Gasteiger charge is 2.12. The summed E-state index contributed by atoms with van der Waals surface area (Å²) in [6.45, 7) is 0.477. The summed E-state index contributed by atoms with van der Waals surface area (Å²) in [6, 6.07) is 14.9. The second-order valence-electron chi connectivity index (χ2n) is 5.04. The van der Waals surface area contributed by atoms with Crippen molar-refractivity contribution in [2.24, 2.45) is 0 Å². The SMILES string of the molecule is COc1ccc(CN(C)C(=O)COc2ccccc2OC)cc1. The van der Waals surface area contributed by atoms with Crippen LogP contribution >= 0.6 is 0 Å². The summed E-state index contributed by atoms with van der Waals surface area (Å²) in [5.74, 6) is 1.85. The van der Waals surface area contributed by atoms with Gasteiger partial charge in [-0.05, 0) is 29.8 Å². The lowest BCUT2D eigenvalue weighted by molar-refractivity contribution is -0.132. The first-order valence-corrected chi connectivity index (χ1v) is 7.26. The number of para-hydroxylation sites is 2. The minimum Gasteiger partial charge on any atom is -0.497 e. The van der Waals surface area contributed by atoms with Crippen LogP contribution in [0.4, 0.5) is 0 Å². The van der Waals surface area contributed by atoms with Crippen molar-refractivity contribution in [2.45, 2.75) is 6.54 Å². The van der Waals surface area contributed by atoms with Crippen LogP contribution in [0.3, 0.4) is 0 Å². The Morgan fingerprint density at radius 1 is 0.957 bits per heavy atom. The molecule has 0 saturated heterocycles. The van der Waals surface area contributed by atoms with Gasteiger partial charge in [0.05, 0.1) is 14.2 Å². The van der Waals surface area contributed by atoms with Crippen molar-refractivity contribution in [3.05, 3.63) is 54.1 Å². The predicted octanol–water partition coefficient (Wildman–Crippen LogP) is 2.74. The molecule has 0 aromatic heterocycles. The number of benzene rings is 2. The summed E-state index contributed by atoms with van der Waals surface area (Å²) in [5, 5.41) is 0. The fourth-order valence-corrected chi connectivity index (χ4v) is 2.08. The third-order valence-corrected chi connectivity index (χ3v) is 3.42. The van der Waals surface area contributed by atoms with Crippen molar-refractivity contribution in [3.8, 4) is 17.2 Å². The van der Waals surface area contributed by atoms with Crippen LogP contribution in [0.5, 0.6) is 17.2 Å². The number of hydrogen-bond acceptors (Lipinski definition) is 4. The van der Waals surface area contributed by atoms with Gasteiger partial charge < -0.3 is 19.1 Å². The Kier molecular flexibility index (Phi) is 5.86. The lowest BCUT2D eigenvalue weighted by Gasteiger charge is -2.18. The third-order valence-electron chi connectivity index (χ3n) is 3.42. The summed E-state index contributed by atoms with van der Waals surface area (Å²) in [4.78, 5) is 13.8. The van der Waals surface area contributed by atoms with Crippen molar-refractivity contribution in [1.29, 1.82) is 0 Å². The van der Waals surface area contributed by atoms with Crippen LogP contribution in [0.1, 0.15) is 5.56 Å². The fourth-order valence-electron chi connectivity index (χ4n) is 2.08. The number of ether oxygens (including phenoxy) is 3. The molecule has 0 unspecified atom stereocenters. The molecule has 0 heterocycles. The number of carbonyl (C=O) groups excluding carboxylic acids is 1. The normalized spacial score (nSPS) is 10.0. The van der Waals surface area contributed by atoms with Crippen molar-refractivity contribution in [3.63, 3.8) is 0 Å². The molecule has 2 aromatic rings. The highest BCUT2D eigenvalue weighted by molar-refractivity contribution is 5.77. The molecule has 5 heteroatoms. The maximum absolute atomic E-state index is 12.2. The quantitative estimate of drug-likeness (QED) is 0.788. The van der Waals surface area contributed by atoms with Crippen molar-refractivity contribution in [2.75, 3.05) is 27.9 Å². The average molecular weight is 315 g/mol.